The zero-order valence-corrected chi connectivity index (χ0v) is 7.73. The molecule has 0 unspecified atom stereocenters. The van der Waals surface area contributed by atoms with Gasteiger partial charge in [0, 0.05) is 17.7 Å². The van der Waals surface area contributed by atoms with Crippen LogP contribution in [0.1, 0.15) is 24.5 Å². The zero-order valence-electron chi connectivity index (χ0n) is 7.73. The summed E-state index contributed by atoms with van der Waals surface area (Å²) in [6, 6.07) is 1.88. The van der Waals surface area contributed by atoms with Crippen LogP contribution in [0.3, 0.4) is 0 Å². The smallest absolute Gasteiger partial charge is 0.236 e. The summed E-state index contributed by atoms with van der Waals surface area (Å²) in [5.74, 6) is 0.865. The number of hydrogen-bond donors (Lipinski definition) is 2. The van der Waals surface area contributed by atoms with Crippen LogP contribution >= 0.6 is 0 Å². The Morgan fingerprint density at radius 1 is 1.57 bits per heavy atom. The Morgan fingerprint density at radius 2 is 2.36 bits per heavy atom. The van der Waals surface area contributed by atoms with Gasteiger partial charge in [-0.2, -0.15) is 0 Å². The van der Waals surface area contributed by atoms with Gasteiger partial charge in [-0.05, 0) is 12.8 Å². The Bertz CT molecular complexity index is 348. The molecule has 3 N–H and O–H groups in total. The van der Waals surface area contributed by atoms with Gasteiger partial charge in [0.2, 0.25) is 5.91 Å². The lowest BCUT2D eigenvalue weighted by molar-refractivity contribution is -0.116. The van der Waals surface area contributed by atoms with Crippen LogP contribution in [0, 0.1) is 0 Å². The van der Waals surface area contributed by atoms with Gasteiger partial charge < -0.3 is 11.1 Å². The molecule has 1 aliphatic rings. The molecular formula is C9H12N4O. The van der Waals surface area contributed by atoms with Crippen LogP contribution < -0.4 is 11.1 Å². The second-order valence-electron chi connectivity index (χ2n) is 3.42. The summed E-state index contributed by atoms with van der Waals surface area (Å²) < 4.78 is 0. The normalized spacial score (nSPS) is 15.1. The molecule has 0 bridgehead atoms. The van der Waals surface area contributed by atoms with E-state index in [-0.39, 0.29) is 6.54 Å². The zero-order chi connectivity index (χ0) is 9.97. The predicted molar refractivity (Wildman–Crippen MR) is 51.7 cm³/mol. The molecule has 74 valence electrons. The molecule has 1 heterocycles. The predicted octanol–water partition coefficient (Wildman–Crippen LogP) is 0.251. The van der Waals surface area contributed by atoms with Crippen molar-refractivity contribution < 1.29 is 4.79 Å². The molecule has 2 rings (SSSR count). The number of rotatable bonds is 4. The average molecular weight is 192 g/mol. The van der Waals surface area contributed by atoms with E-state index in [1.54, 1.807) is 0 Å². The third-order valence-corrected chi connectivity index (χ3v) is 2.13. The summed E-state index contributed by atoms with van der Waals surface area (Å²) in [6.07, 6.45) is 3.91. The van der Waals surface area contributed by atoms with E-state index in [0.29, 0.717) is 11.7 Å². The fraction of sp³-hybridized carbons (Fsp3) is 0.444. The van der Waals surface area contributed by atoms with Crippen molar-refractivity contribution in [3.63, 3.8) is 0 Å². The Kier molecular flexibility index (Phi) is 2.30. The molecule has 5 nitrogen and oxygen atoms in total. The highest BCUT2D eigenvalue weighted by molar-refractivity contribution is 5.78. The van der Waals surface area contributed by atoms with Crippen LogP contribution in [-0.4, -0.2) is 22.4 Å². The number of amides is 1. The number of nitrogens with one attached hydrogen (secondary N) is 1. The number of carbonyl (C=O) groups is 1. The first-order chi connectivity index (χ1) is 6.75. The Balaban J connectivity index is 2.02. The number of carbonyl (C=O) groups excluding carboxylic acids is 1. The fourth-order valence-electron chi connectivity index (χ4n) is 1.25. The van der Waals surface area contributed by atoms with Crippen molar-refractivity contribution in [1.29, 1.82) is 0 Å². The molecule has 14 heavy (non-hydrogen) atoms. The van der Waals surface area contributed by atoms with Crippen LogP contribution in [0.4, 0.5) is 5.82 Å². The molecule has 1 amide bonds. The number of hydrogen-bond acceptors (Lipinski definition) is 4. The Labute approximate surface area is 81.7 Å². The van der Waals surface area contributed by atoms with Gasteiger partial charge in [-0.15, -0.1) is 0 Å². The summed E-state index contributed by atoms with van der Waals surface area (Å²) >= 11 is 0. The second kappa shape index (κ2) is 3.61. The monoisotopic (exact) mass is 192 g/mol. The largest absolute Gasteiger partial charge is 0.368 e. The molecular weight excluding hydrogens is 180 g/mol. The van der Waals surface area contributed by atoms with Gasteiger partial charge in [0.25, 0.3) is 0 Å². The van der Waals surface area contributed by atoms with Crippen molar-refractivity contribution >= 4 is 11.7 Å². The molecule has 5 heteroatoms. The maximum absolute atomic E-state index is 10.5. The van der Waals surface area contributed by atoms with Crippen molar-refractivity contribution in [3.05, 3.63) is 18.1 Å². The molecule has 1 aromatic rings. The van der Waals surface area contributed by atoms with Crippen LogP contribution in [-0.2, 0) is 4.79 Å². The van der Waals surface area contributed by atoms with Crippen LogP contribution in [0.5, 0.6) is 0 Å². The van der Waals surface area contributed by atoms with E-state index in [0.717, 1.165) is 5.69 Å². The lowest BCUT2D eigenvalue weighted by Crippen LogP contribution is -2.22. The molecule has 1 aromatic heterocycles. The van der Waals surface area contributed by atoms with E-state index >= 15 is 0 Å². The summed E-state index contributed by atoms with van der Waals surface area (Å²) in [4.78, 5) is 18.7. The summed E-state index contributed by atoms with van der Waals surface area (Å²) in [7, 11) is 0. The quantitative estimate of drug-likeness (QED) is 0.716. The van der Waals surface area contributed by atoms with E-state index in [1.165, 1.54) is 19.2 Å². The van der Waals surface area contributed by atoms with Crippen molar-refractivity contribution in [2.45, 2.75) is 18.8 Å². The van der Waals surface area contributed by atoms with Crippen molar-refractivity contribution in [2.24, 2.45) is 5.73 Å². The lowest BCUT2D eigenvalue weighted by Gasteiger charge is -2.03. The Morgan fingerprint density at radius 3 is 3.00 bits per heavy atom. The molecule has 1 aliphatic carbocycles. The van der Waals surface area contributed by atoms with E-state index < -0.39 is 5.91 Å². The lowest BCUT2D eigenvalue weighted by atomic mass is 10.3. The standard InChI is InChI=1S/C9H12N4O/c10-8(14)4-11-9-3-7(6-1-2-6)12-5-13-9/h3,5-6H,1-2,4H2,(H2,10,14)(H,11,12,13). The van der Waals surface area contributed by atoms with E-state index in [4.69, 9.17) is 5.73 Å². The second-order valence-corrected chi connectivity index (χ2v) is 3.42. The minimum absolute atomic E-state index is 0.112. The molecule has 0 atom stereocenters. The molecule has 1 fully saturated rings. The first-order valence-corrected chi connectivity index (χ1v) is 4.60. The number of primary amides is 1. The van der Waals surface area contributed by atoms with Gasteiger partial charge in [-0.3, -0.25) is 4.79 Å². The highest BCUT2D eigenvalue weighted by atomic mass is 16.1. The number of nitrogens with zero attached hydrogens (tertiary/aromatic N) is 2. The molecule has 1 saturated carbocycles. The minimum atomic E-state index is -0.392. The summed E-state index contributed by atoms with van der Waals surface area (Å²) in [5.41, 5.74) is 6.05. The number of nitrogens with two attached hydrogens (primary N) is 1. The van der Waals surface area contributed by atoms with Gasteiger partial charge in [0.05, 0.1) is 6.54 Å². The SMILES string of the molecule is NC(=O)CNc1cc(C2CC2)ncn1. The molecule has 0 spiro atoms. The topological polar surface area (TPSA) is 80.9 Å². The van der Waals surface area contributed by atoms with Gasteiger partial charge in [-0.1, -0.05) is 0 Å². The van der Waals surface area contributed by atoms with Crippen molar-refractivity contribution in [1.82, 2.24) is 9.97 Å². The van der Waals surface area contributed by atoms with Gasteiger partial charge >= 0.3 is 0 Å². The average Bonchev–Trinajstić information content (AvgIpc) is 2.98. The Hall–Kier alpha value is -1.65. The van der Waals surface area contributed by atoms with Gasteiger partial charge in [0.15, 0.2) is 0 Å². The number of anilines is 1. The third kappa shape index (κ3) is 2.18. The van der Waals surface area contributed by atoms with E-state index in [9.17, 15) is 4.79 Å². The minimum Gasteiger partial charge on any atom is -0.368 e. The molecule has 0 radical (unpaired) electrons. The summed E-state index contributed by atoms with van der Waals surface area (Å²) in [5, 5.41) is 2.84. The third-order valence-electron chi connectivity index (χ3n) is 2.13. The summed E-state index contributed by atoms with van der Waals surface area (Å²) in [6.45, 7) is 0.112. The molecule has 0 saturated heterocycles. The van der Waals surface area contributed by atoms with Gasteiger partial charge in [-0.25, -0.2) is 9.97 Å². The van der Waals surface area contributed by atoms with E-state index in [1.807, 2.05) is 6.07 Å². The first kappa shape index (κ1) is 8.93. The van der Waals surface area contributed by atoms with Crippen LogP contribution in [0.15, 0.2) is 12.4 Å². The van der Waals surface area contributed by atoms with Crippen LogP contribution in [0.25, 0.3) is 0 Å². The highest BCUT2D eigenvalue weighted by Gasteiger charge is 2.25. The first-order valence-electron chi connectivity index (χ1n) is 4.60. The van der Waals surface area contributed by atoms with Crippen molar-refractivity contribution in [3.8, 4) is 0 Å². The van der Waals surface area contributed by atoms with Crippen LogP contribution in [0.2, 0.25) is 0 Å². The van der Waals surface area contributed by atoms with E-state index in [2.05, 4.69) is 15.3 Å². The number of aromatic nitrogens is 2. The highest BCUT2D eigenvalue weighted by Crippen LogP contribution is 2.39. The van der Waals surface area contributed by atoms with Gasteiger partial charge in [0.1, 0.15) is 12.1 Å². The fourth-order valence-corrected chi connectivity index (χ4v) is 1.25. The molecule has 0 aromatic carbocycles. The maximum atomic E-state index is 10.5. The molecule has 0 aliphatic heterocycles. The maximum Gasteiger partial charge on any atom is 0.236 e. The van der Waals surface area contributed by atoms with Crippen molar-refractivity contribution in [2.75, 3.05) is 11.9 Å².